The van der Waals surface area contributed by atoms with Crippen molar-refractivity contribution in [3.8, 4) is 11.5 Å². The van der Waals surface area contributed by atoms with Crippen LogP contribution in [0.15, 0.2) is 42.5 Å². The molecule has 2 aromatic carbocycles. The number of aliphatic hydroxyl groups is 1. The second-order valence-corrected chi connectivity index (χ2v) is 6.15. The molecule has 1 unspecified atom stereocenters. The van der Waals surface area contributed by atoms with Gasteiger partial charge in [0.25, 0.3) is 5.91 Å². The Morgan fingerprint density at radius 3 is 2.44 bits per heavy atom. The van der Waals surface area contributed by atoms with Crippen LogP contribution in [-0.2, 0) is 0 Å². The summed E-state index contributed by atoms with van der Waals surface area (Å²) in [6, 6.07) is 11.9. The second kappa shape index (κ2) is 9.51. The Hall–Kier alpha value is -1.95. The zero-order valence-electron chi connectivity index (χ0n) is 13.7. The molecule has 2 rings (SSSR count). The third kappa shape index (κ3) is 6.12. The van der Waals surface area contributed by atoms with E-state index in [-0.39, 0.29) is 25.7 Å². The highest BCUT2D eigenvalue weighted by atomic mass is 35.5. The van der Waals surface area contributed by atoms with Crippen LogP contribution in [0.2, 0.25) is 10.0 Å². The lowest BCUT2D eigenvalue weighted by molar-refractivity contribution is 0.0923. The molecular formula is C18H19Cl2NO4. The molecule has 0 bridgehead atoms. The smallest absolute Gasteiger partial charge is 0.251 e. The highest BCUT2D eigenvalue weighted by Crippen LogP contribution is 2.32. The van der Waals surface area contributed by atoms with Crippen molar-refractivity contribution < 1.29 is 19.4 Å². The van der Waals surface area contributed by atoms with E-state index in [0.29, 0.717) is 27.1 Å². The van der Waals surface area contributed by atoms with Crippen molar-refractivity contribution in [1.82, 2.24) is 5.32 Å². The van der Waals surface area contributed by atoms with Gasteiger partial charge in [0.1, 0.15) is 19.0 Å². The largest absolute Gasteiger partial charge is 0.490 e. The Balaban J connectivity index is 1.85. The molecule has 25 heavy (non-hydrogen) atoms. The van der Waals surface area contributed by atoms with E-state index in [0.717, 1.165) is 0 Å². The number of rotatable bonds is 8. The number of para-hydroxylation sites is 1. The SMILES string of the molecule is CC(O)CNC(=O)c1cccc(OCCOc2c(Cl)cccc2Cl)c1. The maximum Gasteiger partial charge on any atom is 0.251 e. The molecule has 1 amide bonds. The fourth-order valence-electron chi connectivity index (χ4n) is 1.99. The molecule has 0 aliphatic rings. The lowest BCUT2D eigenvalue weighted by Gasteiger charge is -2.12. The van der Waals surface area contributed by atoms with Gasteiger partial charge in [0.15, 0.2) is 5.75 Å². The Morgan fingerprint density at radius 1 is 1.12 bits per heavy atom. The van der Waals surface area contributed by atoms with Gasteiger partial charge in [0.2, 0.25) is 0 Å². The average molecular weight is 384 g/mol. The second-order valence-electron chi connectivity index (χ2n) is 5.33. The van der Waals surface area contributed by atoms with Crippen LogP contribution < -0.4 is 14.8 Å². The van der Waals surface area contributed by atoms with Gasteiger partial charge in [-0.25, -0.2) is 0 Å². The van der Waals surface area contributed by atoms with Gasteiger partial charge in [0, 0.05) is 12.1 Å². The van der Waals surface area contributed by atoms with Crippen LogP contribution in [0.1, 0.15) is 17.3 Å². The summed E-state index contributed by atoms with van der Waals surface area (Å²) in [5.41, 5.74) is 0.452. The molecule has 0 saturated carbocycles. The van der Waals surface area contributed by atoms with Gasteiger partial charge in [-0.2, -0.15) is 0 Å². The van der Waals surface area contributed by atoms with E-state index in [1.807, 2.05) is 0 Å². The fourth-order valence-corrected chi connectivity index (χ4v) is 2.50. The summed E-state index contributed by atoms with van der Waals surface area (Å²) in [5.74, 6) is 0.685. The van der Waals surface area contributed by atoms with Crippen molar-refractivity contribution >= 4 is 29.1 Å². The molecule has 1 atom stereocenters. The molecular weight excluding hydrogens is 365 g/mol. The molecule has 134 valence electrons. The number of benzene rings is 2. The van der Waals surface area contributed by atoms with Crippen LogP contribution >= 0.6 is 23.2 Å². The highest BCUT2D eigenvalue weighted by molar-refractivity contribution is 6.37. The number of halogens is 2. The van der Waals surface area contributed by atoms with Gasteiger partial charge in [0.05, 0.1) is 16.1 Å². The van der Waals surface area contributed by atoms with E-state index in [1.165, 1.54) is 0 Å². The summed E-state index contributed by atoms with van der Waals surface area (Å²) in [7, 11) is 0. The van der Waals surface area contributed by atoms with Crippen molar-refractivity contribution in [3.63, 3.8) is 0 Å². The van der Waals surface area contributed by atoms with Crippen LogP contribution in [0, 0.1) is 0 Å². The van der Waals surface area contributed by atoms with Gasteiger partial charge in [-0.3, -0.25) is 4.79 Å². The first-order valence-electron chi connectivity index (χ1n) is 7.73. The van der Waals surface area contributed by atoms with Gasteiger partial charge >= 0.3 is 0 Å². The van der Waals surface area contributed by atoms with Crippen LogP contribution in [0.3, 0.4) is 0 Å². The average Bonchev–Trinajstić information content (AvgIpc) is 2.59. The zero-order chi connectivity index (χ0) is 18.2. The van der Waals surface area contributed by atoms with Gasteiger partial charge < -0.3 is 19.9 Å². The van der Waals surface area contributed by atoms with Crippen LogP contribution in [0.25, 0.3) is 0 Å². The van der Waals surface area contributed by atoms with E-state index in [1.54, 1.807) is 49.4 Å². The topological polar surface area (TPSA) is 67.8 Å². The third-order valence-electron chi connectivity index (χ3n) is 3.17. The summed E-state index contributed by atoms with van der Waals surface area (Å²) in [5, 5.41) is 12.7. The normalized spacial score (nSPS) is 11.7. The molecule has 0 heterocycles. The molecule has 0 spiro atoms. The number of aliphatic hydroxyl groups excluding tert-OH is 1. The van der Waals surface area contributed by atoms with Crippen LogP contribution in [-0.4, -0.2) is 36.9 Å². The standard InChI is InChI=1S/C18H19Cl2NO4/c1-12(22)11-21-18(23)13-4-2-5-14(10-13)24-8-9-25-17-15(19)6-3-7-16(17)20/h2-7,10,12,22H,8-9,11H2,1H3,(H,21,23). The van der Waals surface area contributed by atoms with Crippen LogP contribution in [0.4, 0.5) is 0 Å². The van der Waals surface area contributed by atoms with Crippen molar-refractivity contribution in [2.75, 3.05) is 19.8 Å². The number of ether oxygens (including phenoxy) is 2. The molecule has 0 aliphatic heterocycles. The number of carbonyl (C=O) groups is 1. The van der Waals surface area contributed by atoms with E-state index >= 15 is 0 Å². The molecule has 0 radical (unpaired) electrons. The maximum atomic E-state index is 12.0. The van der Waals surface area contributed by atoms with Gasteiger partial charge in [-0.15, -0.1) is 0 Å². The minimum Gasteiger partial charge on any atom is -0.490 e. The molecule has 0 aromatic heterocycles. The minimum absolute atomic E-state index is 0.191. The van der Waals surface area contributed by atoms with Gasteiger partial charge in [-0.1, -0.05) is 35.3 Å². The number of amides is 1. The third-order valence-corrected chi connectivity index (χ3v) is 3.77. The van der Waals surface area contributed by atoms with Gasteiger partial charge in [-0.05, 0) is 37.3 Å². The zero-order valence-corrected chi connectivity index (χ0v) is 15.2. The van der Waals surface area contributed by atoms with E-state index in [4.69, 9.17) is 32.7 Å². The lowest BCUT2D eigenvalue weighted by Crippen LogP contribution is -2.30. The maximum absolute atomic E-state index is 12.0. The first kappa shape index (κ1) is 19.4. The summed E-state index contributed by atoms with van der Waals surface area (Å²) < 4.78 is 11.1. The Morgan fingerprint density at radius 2 is 1.76 bits per heavy atom. The lowest BCUT2D eigenvalue weighted by atomic mass is 10.2. The Bertz CT molecular complexity index is 702. The van der Waals surface area contributed by atoms with E-state index < -0.39 is 6.10 Å². The van der Waals surface area contributed by atoms with E-state index in [9.17, 15) is 9.90 Å². The fraction of sp³-hybridized carbons (Fsp3) is 0.278. The number of nitrogens with one attached hydrogen (secondary N) is 1. The first-order chi connectivity index (χ1) is 12.0. The van der Waals surface area contributed by atoms with Crippen molar-refractivity contribution in [3.05, 3.63) is 58.1 Å². The summed E-state index contributed by atoms with van der Waals surface area (Å²) >= 11 is 12.0. The quantitative estimate of drug-likeness (QED) is 0.683. The molecule has 0 saturated heterocycles. The number of carbonyl (C=O) groups excluding carboxylic acids is 1. The Labute approximate surface area is 156 Å². The van der Waals surface area contributed by atoms with E-state index in [2.05, 4.69) is 5.32 Å². The van der Waals surface area contributed by atoms with Crippen LogP contribution in [0.5, 0.6) is 11.5 Å². The molecule has 0 aliphatic carbocycles. The monoisotopic (exact) mass is 383 g/mol. The minimum atomic E-state index is -0.600. The predicted octanol–water partition coefficient (Wildman–Crippen LogP) is 3.56. The summed E-state index contributed by atoms with van der Waals surface area (Å²) in [6.45, 7) is 2.31. The van der Waals surface area contributed by atoms with Crippen molar-refractivity contribution in [2.45, 2.75) is 13.0 Å². The Kier molecular flexibility index (Phi) is 7.37. The summed E-state index contributed by atoms with van der Waals surface area (Å²) in [4.78, 5) is 12.0. The number of hydrogen-bond acceptors (Lipinski definition) is 4. The number of hydrogen-bond donors (Lipinski definition) is 2. The molecule has 7 heteroatoms. The predicted molar refractivity (Wildman–Crippen MR) is 97.9 cm³/mol. The van der Waals surface area contributed by atoms with Crippen molar-refractivity contribution in [2.24, 2.45) is 0 Å². The molecule has 2 aromatic rings. The molecule has 5 nitrogen and oxygen atoms in total. The molecule has 0 fully saturated rings. The summed E-state index contributed by atoms with van der Waals surface area (Å²) in [6.07, 6.45) is -0.600. The molecule has 2 N–H and O–H groups in total. The van der Waals surface area contributed by atoms with Crippen molar-refractivity contribution in [1.29, 1.82) is 0 Å². The first-order valence-corrected chi connectivity index (χ1v) is 8.49. The highest BCUT2D eigenvalue weighted by Gasteiger charge is 2.09.